The summed E-state index contributed by atoms with van der Waals surface area (Å²) in [5.74, 6) is -1.17. The van der Waals surface area contributed by atoms with Crippen molar-refractivity contribution in [3.8, 4) is 0 Å². The Morgan fingerprint density at radius 1 is 0.931 bits per heavy atom. The van der Waals surface area contributed by atoms with Gasteiger partial charge in [-0.15, -0.1) is 0 Å². The minimum Gasteiger partial charge on any atom is -0.458 e. The van der Waals surface area contributed by atoms with Crippen LogP contribution in [0.25, 0.3) is 0 Å². The van der Waals surface area contributed by atoms with Crippen LogP contribution in [0.2, 0.25) is 0 Å². The van der Waals surface area contributed by atoms with E-state index >= 15 is 0 Å². The number of carbonyl (C=O) groups excluding carboxylic acids is 3. The van der Waals surface area contributed by atoms with E-state index in [0.717, 1.165) is 36.9 Å². The number of rotatable bonds is 4. The van der Waals surface area contributed by atoms with Crippen molar-refractivity contribution in [1.82, 2.24) is 0 Å². The van der Waals surface area contributed by atoms with Gasteiger partial charge in [-0.25, -0.2) is 0 Å². The highest BCUT2D eigenvalue weighted by Crippen LogP contribution is 2.45. The molecule has 2 aromatic carbocycles. The first-order valence-electron chi connectivity index (χ1n) is 9.96. The van der Waals surface area contributed by atoms with Gasteiger partial charge in [-0.3, -0.25) is 14.4 Å². The van der Waals surface area contributed by atoms with Crippen LogP contribution in [0.4, 0.5) is 11.4 Å². The van der Waals surface area contributed by atoms with Crippen LogP contribution in [0, 0.1) is 12.8 Å². The molecular weight excluding hydrogens is 368 g/mol. The Labute approximate surface area is 169 Å². The normalized spacial score (nSPS) is 19.8. The molecule has 2 fully saturated rings. The van der Waals surface area contributed by atoms with Gasteiger partial charge in [0, 0.05) is 16.9 Å². The first-order valence-corrected chi connectivity index (χ1v) is 9.96. The van der Waals surface area contributed by atoms with E-state index in [9.17, 15) is 14.4 Å². The number of hydrogen-bond acceptors (Lipinski definition) is 4. The summed E-state index contributed by atoms with van der Waals surface area (Å²) in [7, 11) is 0. The van der Waals surface area contributed by atoms with Crippen LogP contribution >= 0.6 is 0 Å². The summed E-state index contributed by atoms with van der Waals surface area (Å²) in [4.78, 5) is 37.0. The molecule has 1 atom stereocenters. The Balaban J connectivity index is 1.40. The van der Waals surface area contributed by atoms with Gasteiger partial charge < -0.3 is 15.4 Å². The fraction of sp³-hybridized carbons (Fsp3) is 0.348. The predicted molar refractivity (Wildman–Crippen MR) is 110 cm³/mol. The zero-order valence-corrected chi connectivity index (χ0v) is 16.4. The monoisotopic (exact) mass is 392 g/mol. The summed E-state index contributed by atoms with van der Waals surface area (Å²) >= 11 is 0. The van der Waals surface area contributed by atoms with Crippen molar-refractivity contribution in [3.05, 3.63) is 59.7 Å². The third kappa shape index (κ3) is 4.01. The zero-order valence-electron chi connectivity index (χ0n) is 16.4. The van der Waals surface area contributed by atoms with Gasteiger partial charge >= 0.3 is 5.97 Å². The van der Waals surface area contributed by atoms with Crippen molar-refractivity contribution < 1.29 is 19.1 Å². The number of anilines is 2. The molecule has 1 aliphatic carbocycles. The van der Waals surface area contributed by atoms with Gasteiger partial charge in [0.25, 0.3) is 5.91 Å². The third-order valence-electron chi connectivity index (χ3n) is 5.81. The van der Waals surface area contributed by atoms with Gasteiger partial charge in [-0.1, -0.05) is 17.7 Å². The summed E-state index contributed by atoms with van der Waals surface area (Å²) < 4.78 is 5.54. The lowest BCUT2D eigenvalue weighted by Gasteiger charge is -2.27. The summed E-state index contributed by atoms with van der Waals surface area (Å²) in [5, 5.41) is 5.72. The Bertz CT molecular complexity index is 928. The van der Waals surface area contributed by atoms with Gasteiger partial charge in [0.1, 0.15) is 5.60 Å². The van der Waals surface area contributed by atoms with Gasteiger partial charge in [-0.05, 0) is 69.0 Å². The molecule has 1 saturated carbocycles. The minimum atomic E-state index is -0.630. The van der Waals surface area contributed by atoms with Crippen molar-refractivity contribution in [2.75, 3.05) is 10.6 Å². The van der Waals surface area contributed by atoms with Crippen LogP contribution in [0.5, 0.6) is 0 Å². The molecule has 4 rings (SSSR count). The first kappa shape index (κ1) is 19.2. The number of amides is 2. The van der Waals surface area contributed by atoms with Crippen LogP contribution in [-0.2, 0) is 14.3 Å². The molecular formula is C23H24N2O4. The van der Waals surface area contributed by atoms with E-state index in [-0.39, 0.29) is 24.2 Å². The van der Waals surface area contributed by atoms with Crippen LogP contribution in [0.15, 0.2) is 48.5 Å². The van der Waals surface area contributed by atoms with Gasteiger partial charge in [0.05, 0.1) is 12.3 Å². The summed E-state index contributed by atoms with van der Waals surface area (Å²) in [6, 6.07) is 14.3. The number of carbonyl (C=O) groups is 3. The maximum atomic E-state index is 12.8. The van der Waals surface area contributed by atoms with Crippen molar-refractivity contribution in [2.24, 2.45) is 5.92 Å². The SMILES string of the molecule is Cc1ccc(NC(=O)c2ccc(NC(=O)C3CC(=O)OC34CCCC4)cc2)cc1. The first-order chi connectivity index (χ1) is 13.9. The Morgan fingerprint density at radius 2 is 1.52 bits per heavy atom. The molecule has 2 aliphatic rings. The van der Waals surface area contributed by atoms with Crippen molar-refractivity contribution >= 4 is 29.2 Å². The molecule has 0 aromatic heterocycles. The minimum absolute atomic E-state index is 0.128. The molecule has 6 nitrogen and oxygen atoms in total. The van der Waals surface area contributed by atoms with Gasteiger partial charge in [-0.2, -0.15) is 0 Å². The Hall–Kier alpha value is -3.15. The second-order valence-electron chi connectivity index (χ2n) is 7.89. The molecule has 1 unspecified atom stereocenters. The fourth-order valence-corrected chi connectivity index (χ4v) is 4.22. The van der Waals surface area contributed by atoms with E-state index in [0.29, 0.717) is 11.3 Å². The highest BCUT2D eigenvalue weighted by molar-refractivity contribution is 6.04. The Morgan fingerprint density at radius 3 is 2.17 bits per heavy atom. The summed E-state index contributed by atoms with van der Waals surface area (Å²) in [6.07, 6.45) is 3.57. The van der Waals surface area contributed by atoms with Crippen molar-refractivity contribution in [3.63, 3.8) is 0 Å². The molecule has 2 N–H and O–H groups in total. The lowest BCUT2D eigenvalue weighted by molar-refractivity contribution is -0.149. The lowest BCUT2D eigenvalue weighted by atomic mass is 9.85. The number of ether oxygens (including phenoxy) is 1. The maximum Gasteiger partial charge on any atom is 0.307 e. The number of esters is 1. The molecule has 1 saturated heterocycles. The average Bonchev–Trinajstić information content (AvgIpc) is 3.30. The molecule has 2 aromatic rings. The van der Waals surface area contributed by atoms with E-state index in [1.165, 1.54) is 0 Å². The highest BCUT2D eigenvalue weighted by atomic mass is 16.6. The van der Waals surface area contributed by atoms with Crippen LogP contribution in [-0.4, -0.2) is 23.4 Å². The van der Waals surface area contributed by atoms with Crippen LogP contribution in [0.1, 0.15) is 48.0 Å². The maximum absolute atomic E-state index is 12.8. The van der Waals surface area contributed by atoms with E-state index in [2.05, 4.69) is 10.6 Å². The molecule has 29 heavy (non-hydrogen) atoms. The van der Waals surface area contributed by atoms with Gasteiger partial charge in [0.2, 0.25) is 5.91 Å². The lowest BCUT2D eigenvalue weighted by Crippen LogP contribution is -2.39. The Kier molecular flexibility index (Phi) is 5.09. The molecule has 150 valence electrons. The van der Waals surface area contributed by atoms with E-state index in [1.807, 2.05) is 31.2 Å². The second-order valence-corrected chi connectivity index (χ2v) is 7.89. The number of benzene rings is 2. The highest BCUT2D eigenvalue weighted by Gasteiger charge is 2.53. The number of hydrogen-bond donors (Lipinski definition) is 2. The topological polar surface area (TPSA) is 84.5 Å². The molecule has 6 heteroatoms. The fourth-order valence-electron chi connectivity index (χ4n) is 4.22. The van der Waals surface area contributed by atoms with Gasteiger partial charge in [0.15, 0.2) is 0 Å². The quantitative estimate of drug-likeness (QED) is 0.769. The number of aryl methyl sites for hydroxylation is 1. The molecule has 1 aliphatic heterocycles. The summed E-state index contributed by atoms with van der Waals surface area (Å²) in [6.45, 7) is 1.99. The van der Waals surface area contributed by atoms with Crippen LogP contribution in [0.3, 0.4) is 0 Å². The van der Waals surface area contributed by atoms with Crippen molar-refractivity contribution in [1.29, 1.82) is 0 Å². The molecule has 1 spiro atoms. The molecule has 2 amide bonds. The zero-order chi connectivity index (χ0) is 20.4. The average molecular weight is 392 g/mol. The van der Waals surface area contributed by atoms with E-state index in [1.54, 1.807) is 24.3 Å². The predicted octanol–water partition coefficient (Wildman–Crippen LogP) is 4.06. The molecule has 1 heterocycles. The third-order valence-corrected chi connectivity index (χ3v) is 5.81. The van der Waals surface area contributed by atoms with Crippen LogP contribution < -0.4 is 10.6 Å². The molecule has 0 bridgehead atoms. The second kappa shape index (κ2) is 7.70. The molecule has 0 radical (unpaired) electrons. The smallest absolute Gasteiger partial charge is 0.307 e. The number of nitrogens with one attached hydrogen (secondary N) is 2. The standard InChI is InChI=1S/C23H24N2O4/c1-15-4-8-17(9-5-15)24-21(27)16-6-10-18(11-7-16)25-22(28)19-14-20(26)29-23(19)12-2-3-13-23/h4-11,19H,2-3,12-14H2,1H3,(H,24,27)(H,25,28). The largest absolute Gasteiger partial charge is 0.458 e. The van der Waals surface area contributed by atoms with Crippen molar-refractivity contribution in [2.45, 2.75) is 44.6 Å². The van der Waals surface area contributed by atoms with E-state index in [4.69, 9.17) is 4.74 Å². The van der Waals surface area contributed by atoms with E-state index < -0.39 is 11.5 Å². The summed E-state index contributed by atoms with van der Waals surface area (Å²) in [5.41, 5.74) is 2.31.